The number of rotatable bonds is 3. The van der Waals surface area contributed by atoms with E-state index in [0.717, 1.165) is 5.76 Å². The van der Waals surface area contributed by atoms with Crippen LogP contribution in [0.15, 0.2) is 22.8 Å². The lowest BCUT2D eigenvalue weighted by Gasteiger charge is -2.42. The fourth-order valence-electron chi connectivity index (χ4n) is 2.59. The van der Waals surface area contributed by atoms with Crippen molar-refractivity contribution >= 4 is 0 Å². The summed E-state index contributed by atoms with van der Waals surface area (Å²) in [7, 11) is -1.26. The van der Waals surface area contributed by atoms with E-state index in [9.17, 15) is 0 Å². The Morgan fingerprint density at radius 2 is 2.24 bits per heavy atom. The Balaban J connectivity index is 2.09. The van der Waals surface area contributed by atoms with E-state index in [1.54, 1.807) is 6.26 Å². The minimum Gasteiger partial charge on any atom is -0.467 e. The van der Waals surface area contributed by atoms with Crippen LogP contribution in [0.25, 0.3) is 0 Å². The molecule has 0 saturated carbocycles. The van der Waals surface area contributed by atoms with Crippen molar-refractivity contribution in [2.45, 2.75) is 33.0 Å². The summed E-state index contributed by atoms with van der Waals surface area (Å²) in [6.07, 6.45) is 1.48. The van der Waals surface area contributed by atoms with E-state index < -0.39 is 7.06 Å². The van der Waals surface area contributed by atoms with Gasteiger partial charge in [0.25, 0.3) is 0 Å². The molecule has 1 aliphatic rings. The smallest absolute Gasteiger partial charge is 0.132 e. The third kappa shape index (κ3) is 2.40. The topological polar surface area (TPSA) is 31.6 Å². The largest absolute Gasteiger partial charge is 0.467 e. The van der Waals surface area contributed by atoms with Gasteiger partial charge in [-0.3, -0.25) is 0 Å². The van der Waals surface area contributed by atoms with Gasteiger partial charge in [0.1, 0.15) is 11.9 Å². The molecule has 0 bridgehead atoms. The molecule has 1 aromatic heterocycles. The van der Waals surface area contributed by atoms with Gasteiger partial charge in [0.2, 0.25) is 0 Å². The first-order chi connectivity index (χ1) is 9.00. The highest BCUT2D eigenvalue weighted by Gasteiger charge is 2.40. The molecule has 0 aromatic carbocycles. The lowest BCUT2D eigenvalue weighted by Crippen LogP contribution is -2.42. The maximum Gasteiger partial charge on any atom is 0.132 e. The molecule has 1 saturated heterocycles. The molecule has 96 valence electrons. The maximum absolute atomic E-state index is 7.11. The molecule has 0 amide bonds. The van der Waals surface area contributed by atoms with Gasteiger partial charge in [-0.05, 0) is 29.9 Å². The molecule has 1 aromatic rings. The van der Waals surface area contributed by atoms with Crippen LogP contribution in [0.5, 0.6) is 0 Å². The molecule has 1 aliphatic heterocycles. The number of hydrogen-bond acceptors (Lipinski definition) is 3. The second kappa shape index (κ2) is 5.23. The second-order valence-corrected chi connectivity index (χ2v) is 5.02. The van der Waals surface area contributed by atoms with E-state index in [1.807, 2.05) is 12.1 Å². The fourth-order valence-corrected chi connectivity index (χ4v) is 2.59. The Morgan fingerprint density at radius 1 is 1.41 bits per heavy atom. The van der Waals surface area contributed by atoms with Crippen LogP contribution >= 0.6 is 0 Å². The summed E-state index contributed by atoms with van der Waals surface area (Å²) in [6.45, 7) is 6.80. The summed E-state index contributed by atoms with van der Waals surface area (Å²) in [6, 6.07) is 3.79. The van der Waals surface area contributed by atoms with Crippen molar-refractivity contribution in [2.75, 3.05) is 13.7 Å². The zero-order valence-corrected chi connectivity index (χ0v) is 10.6. The number of furan rings is 1. The van der Waals surface area contributed by atoms with Crippen LogP contribution in [0, 0.1) is 17.8 Å². The molecule has 17 heavy (non-hydrogen) atoms. The van der Waals surface area contributed by atoms with Crippen LogP contribution in [0.2, 0.25) is 0 Å². The van der Waals surface area contributed by atoms with Gasteiger partial charge in [-0.25, -0.2) is 0 Å². The van der Waals surface area contributed by atoms with Crippen molar-refractivity contribution in [2.24, 2.45) is 17.8 Å². The Morgan fingerprint density at radius 3 is 2.88 bits per heavy atom. The lowest BCUT2D eigenvalue weighted by atomic mass is 9.76. The number of ether oxygens (including phenoxy) is 2. The quantitative estimate of drug-likeness (QED) is 0.814. The van der Waals surface area contributed by atoms with Gasteiger partial charge in [0.05, 0.1) is 21.7 Å². The third-order valence-electron chi connectivity index (χ3n) is 4.13. The van der Waals surface area contributed by atoms with Crippen molar-refractivity contribution in [3.63, 3.8) is 0 Å². The predicted octanol–water partition coefficient (Wildman–Crippen LogP) is 3.27. The molecule has 0 spiro atoms. The van der Waals surface area contributed by atoms with Crippen molar-refractivity contribution in [3.05, 3.63) is 24.2 Å². The first-order valence-electron chi connectivity index (χ1n) is 7.31. The predicted molar refractivity (Wildman–Crippen MR) is 65.7 cm³/mol. The molecule has 3 heteroatoms. The highest BCUT2D eigenvalue weighted by atomic mass is 16.5. The summed E-state index contributed by atoms with van der Waals surface area (Å²) >= 11 is 0. The van der Waals surface area contributed by atoms with E-state index in [4.69, 9.17) is 16.6 Å². The van der Waals surface area contributed by atoms with Crippen molar-refractivity contribution in [3.8, 4) is 0 Å². The standard InChI is InChI=1S/C14H22O3/c1-9-10(2)13(8-15-4)17-14(11(9)3)12-6-5-7-16-12/h5-7,9-11,13-14H,8H2,1-4H3/t9-,10-,11+,13+,14-/m0/s1/i4TD/t4?,9-,10-,11+,13+,14-. The van der Waals surface area contributed by atoms with E-state index >= 15 is 0 Å². The van der Waals surface area contributed by atoms with E-state index in [1.165, 1.54) is 0 Å². The van der Waals surface area contributed by atoms with E-state index in [2.05, 4.69) is 20.8 Å². The van der Waals surface area contributed by atoms with Gasteiger partial charge in [-0.1, -0.05) is 20.8 Å². The summed E-state index contributed by atoms with van der Waals surface area (Å²) in [5.74, 6) is 2.00. The van der Waals surface area contributed by atoms with Gasteiger partial charge in [-0.2, -0.15) is 0 Å². The summed E-state index contributed by atoms with van der Waals surface area (Å²) in [5, 5.41) is 0. The Kier molecular flexibility index (Phi) is 3.13. The van der Waals surface area contributed by atoms with Gasteiger partial charge in [0.15, 0.2) is 0 Å². The van der Waals surface area contributed by atoms with E-state index in [-0.39, 0.29) is 18.8 Å². The van der Waals surface area contributed by atoms with Crippen LogP contribution in [-0.2, 0) is 9.47 Å². The molecule has 0 N–H and O–H groups in total. The fraction of sp³-hybridized carbons (Fsp3) is 0.714. The lowest BCUT2D eigenvalue weighted by molar-refractivity contribution is -0.160. The Labute approximate surface area is 106 Å². The third-order valence-corrected chi connectivity index (χ3v) is 4.13. The zero-order valence-electron chi connectivity index (χ0n) is 12.6. The molecule has 0 radical (unpaired) electrons. The van der Waals surface area contributed by atoms with E-state index in [0.29, 0.717) is 17.8 Å². The van der Waals surface area contributed by atoms with Gasteiger partial charge in [-0.15, -0.1) is 0 Å². The molecule has 3 nitrogen and oxygen atoms in total. The zero-order chi connectivity index (χ0) is 14.0. The summed E-state index contributed by atoms with van der Waals surface area (Å²) in [4.78, 5) is 0. The van der Waals surface area contributed by atoms with Crippen molar-refractivity contribution < 1.29 is 16.6 Å². The maximum atomic E-state index is 7.11. The molecule has 2 rings (SSSR count). The molecule has 0 aliphatic carbocycles. The van der Waals surface area contributed by atoms with Crippen molar-refractivity contribution in [1.82, 2.24) is 0 Å². The number of hydrogen-bond donors (Lipinski definition) is 0. The minimum absolute atomic E-state index is 0.0790. The molecule has 1 fully saturated rings. The van der Waals surface area contributed by atoms with Gasteiger partial charge in [0, 0.05) is 7.06 Å². The van der Waals surface area contributed by atoms with Crippen molar-refractivity contribution in [1.29, 1.82) is 0 Å². The summed E-state index contributed by atoms with van der Waals surface area (Å²) < 4.78 is 30.9. The highest BCUT2D eigenvalue weighted by molar-refractivity contribution is 5.06. The summed E-state index contributed by atoms with van der Waals surface area (Å²) in [5.41, 5.74) is 0. The molecular weight excluding hydrogens is 216 g/mol. The van der Waals surface area contributed by atoms with Gasteiger partial charge >= 0.3 is 0 Å². The Hall–Kier alpha value is -0.800. The normalized spacial score (nSPS) is 41.7. The highest BCUT2D eigenvalue weighted by Crippen LogP contribution is 2.42. The minimum atomic E-state index is -1.26. The first-order valence-corrected chi connectivity index (χ1v) is 6.15. The molecule has 1 unspecified atom stereocenters. The average Bonchev–Trinajstić information content (AvgIpc) is 2.89. The number of methoxy groups -OCH3 is 1. The molecule has 6 atom stereocenters. The first kappa shape index (κ1) is 10.2. The Bertz CT molecular complexity index is 380. The molecular formula is C14H22O3. The van der Waals surface area contributed by atoms with Crippen LogP contribution in [0.3, 0.4) is 0 Å². The molecule has 2 heterocycles. The monoisotopic (exact) mass is 241 g/mol. The van der Waals surface area contributed by atoms with Crippen LogP contribution < -0.4 is 0 Å². The average molecular weight is 241 g/mol. The second-order valence-electron chi connectivity index (χ2n) is 5.02. The van der Waals surface area contributed by atoms with Crippen LogP contribution in [-0.4, -0.2) is 19.8 Å². The van der Waals surface area contributed by atoms with Crippen LogP contribution in [0.4, 0.5) is 0 Å². The SMILES string of the molecule is [2H]C([3H])OC[C@H]1O[C@H](c2ccco2)[C@H](C)[C@@H](C)[C@@H]1C. The van der Waals surface area contributed by atoms with Crippen LogP contribution in [0.1, 0.15) is 35.4 Å². The van der Waals surface area contributed by atoms with Gasteiger partial charge < -0.3 is 13.9 Å².